The van der Waals surface area contributed by atoms with E-state index < -0.39 is 0 Å². The van der Waals surface area contributed by atoms with Crippen LogP contribution in [-0.4, -0.2) is 18.3 Å². The monoisotopic (exact) mass is 271 g/mol. The molecule has 0 fully saturated rings. The summed E-state index contributed by atoms with van der Waals surface area (Å²) < 4.78 is 5.68. The molecule has 3 N–H and O–H groups in total. The van der Waals surface area contributed by atoms with Crippen LogP contribution in [0.4, 0.5) is 0 Å². The molecule has 0 heterocycles. The molecule has 2 aromatic carbocycles. The molecule has 0 saturated heterocycles. The van der Waals surface area contributed by atoms with E-state index in [2.05, 4.69) is 6.07 Å². The van der Waals surface area contributed by atoms with Crippen LogP contribution in [0.1, 0.15) is 24.0 Å². The number of hydrogen-bond donors (Lipinski definition) is 2. The summed E-state index contributed by atoms with van der Waals surface area (Å²) >= 11 is 0. The Balaban J connectivity index is 2.24. The molecule has 0 aliphatic heterocycles. The molecule has 1 unspecified atom stereocenters. The second kappa shape index (κ2) is 6.96. The third-order valence-electron chi connectivity index (χ3n) is 3.34. The molecule has 106 valence electrons. The van der Waals surface area contributed by atoms with Gasteiger partial charge in [0.15, 0.2) is 0 Å². The zero-order valence-electron chi connectivity index (χ0n) is 11.8. The number of rotatable bonds is 6. The van der Waals surface area contributed by atoms with Crippen LogP contribution in [-0.2, 0) is 6.42 Å². The van der Waals surface area contributed by atoms with E-state index in [1.54, 1.807) is 12.1 Å². The zero-order valence-corrected chi connectivity index (χ0v) is 11.8. The molecule has 0 saturated carbocycles. The number of nitrogens with two attached hydrogens (primary N) is 1. The van der Waals surface area contributed by atoms with Crippen LogP contribution in [0.15, 0.2) is 48.5 Å². The highest BCUT2D eigenvalue weighted by Gasteiger charge is 2.15. The first-order chi connectivity index (χ1) is 9.74. The Morgan fingerprint density at radius 1 is 1.15 bits per heavy atom. The highest BCUT2D eigenvalue weighted by atomic mass is 16.5. The van der Waals surface area contributed by atoms with E-state index in [0.29, 0.717) is 13.2 Å². The van der Waals surface area contributed by atoms with Gasteiger partial charge in [-0.25, -0.2) is 0 Å². The fourth-order valence-electron chi connectivity index (χ4n) is 2.39. The summed E-state index contributed by atoms with van der Waals surface area (Å²) in [5, 5.41) is 9.55. The lowest BCUT2D eigenvalue weighted by Gasteiger charge is -2.19. The minimum Gasteiger partial charge on any atom is -0.508 e. The lowest BCUT2D eigenvalue weighted by molar-refractivity contribution is 0.334. The second-order valence-corrected chi connectivity index (χ2v) is 4.78. The highest BCUT2D eigenvalue weighted by molar-refractivity contribution is 5.38. The summed E-state index contributed by atoms with van der Waals surface area (Å²) in [6, 6.07) is 15.3. The summed E-state index contributed by atoms with van der Waals surface area (Å²) in [6.45, 7) is 3.16. The van der Waals surface area contributed by atoms with E-state index in [4.69, 9.17) is 10.5 Å². The summed E-state index contributed by atoms with van der Waals surface area (Å²) in [5.41, 5.74) is 8.14. The highest BCUT2D eigenvalue weighted by Crippen LogP contribution is 2.29. The Bertz CT molecular complexity index is 554. The topological polar surface area (TPSA) is 55.5 Å². The number of hydrogen-bond acceptors (Lipinski definition) is 3. The predicted octanol–water partition coefficient (Wildman–Crippen LogP) is 3.08. The van der Waals surface area contributed by atoms with Gasteiger partial charge in [-0.3, -0.25) is 0 Å². The molecular formula is C17H21NO2. The van der Waals surface area contributed by atoms with E-state index in [9.17, 15) is 5.11 Å². The van der Waals surface area contributed by atoms with Crippen molar-refractivity contribution in [1.82, 2.24) is 0 Å². The Kier molecular flexibility index (Phi) is 5.02. The summed E-state index contributed by atoms with van der Waals surface area (Å²) in [6.07, 6.45) is 0.787. The van der Waals surface area contributed by atoms with Crippen molar-refractivity contribution in [3.05, 3.63) is 59.7 Å². The minimum atomic E-state index is 0.180. The molecule has 0 bridgehead atoms. The molecule has 0 amide bonds. The van der Waals surface area contributed by atoms with E-state index in [1.807, 2.05) is 37.3 Å². The van der Waals surface area contributed by atoms with Crippen molar-refractivity contribution in [2.75, 3.05) is 13.2 Å². The smallest absolute Gasteiger partial charge is 0.122 e. The van der Waals surface area contributed by atoms with Gasteiger partial charge in [0.2, 0.25) is 0 Å². The largest absolute Gasteiger partial charge is 0.508 e. The molecule has 0 aromatic heterocycles. The average molecular weight is 271 g/mol. The molecule has 3 nitrogen and oxygen atoms in total. The van der Waals surface area contributed by atoms with Crippen molar-refractivity contribution in [3.63, 3.8) is 0 Å². The van der Waals surface area contributed by atoms with Crippen molar-refractivity contribution in [2.24, 2.45) is 5.73 Å². The fourth-order valence-corrected chi connectivity index (χ4v) is 2.39. The normalized spacial score (nSPS) is 12.1. The Morgan fingerprint density at radius 3 is 2.65 bits per heavy atom. The average Bonchev–Trinajstić information content (AvgIpc) is 2.46. The Labute approximate surface area is 120 Å². The molecule has 20 heavy (non-hydrogen) atoms. The molecule has 0 aliphatic rings. The SMILES string of the molecule is CCOc1ccccc1C(CN)Cc1cccc(O)c1. The fraction of sp³-hybridized carbons (Fsp3) is 0.294. The number of aromatic hydroxyl groups is 1. The Morgan fingerprint density at radius 2 is 1.95 bits per heavy atom. The van der Waals surface area contributed by atoms with Gasteiger partial charge in [0.1, 0.15) is 11.5 Å². The van der Waals surface area contributed by atoms with Gasteiger partial charge in [0.05, 0.1) is 6.61 Å². The van der Waals surface area contributed by atoms with Gasteiger partial charge in [0.25, 0.3) is 0 Å². The van der Waals surface area contributed by atoms with Crippen LogP contribution < -0.4 is 10.5 Å². The first-order valence-corrected chi connectivity index (χ1v) is 6.94. The molecule has 0 radical (unpaired) electrons. The van der Waals surface area contributed by atoms with E-state index in [0.717, 1.165) is 23.3 Å². The minimum absolute atomic E-state index is 0.180. The number of phenols is 1. The first-order valence-electron chi connectivity index (χ1n) is 6.94. The van der Waals surface area contributed by atoms with Crippen LogP contribution in [0.2, 0.25) is 0 Å². The molecule has 0 aliphatic carbocycles. The third kappa shape index (κ3) is 3.52. The van der Waals surface area contributed by atoms with Gasteiger partial charge < -0.3 is 15.6 Å². The zero-order chi connectivity index (χ0) is 14.4. The van der Waals surface area contributed by atoms with Gasteiger partial charge >= 0.3 is 0 Å². The maximum atomic E-state index is 9.55. The van der Waals surface area contributed by atoms with Crippen molar-refractivity contribution < 1.29 is 9.84 Å². The summed E-state index contributed by atoms with van der Waals surface area (Å²) in [7, 11) is 0. The number of phenolic OH excluding ortho intramolecular Hbond substituents is 1. The van der Waals surface area contributed by atoms with Crippen LogP contribution in [0.25, 0.3) is 0 Å². The summed E-state index contributed by atoms with van der Waals surface area (Å²) in [4.78, 5) is 0. The molecule has 2 aromatic rings. The number of para-hydroxylation sites is 1. The lowest BCUT2D eigenvalue weighted by Crippen LogP contribution is -2.16. The van der Waals surface area contributed by atoms with Gasteiger partial charge in [-0.2, -0.15) is 0 Å². The van der Waals surface area contributed by atoms with Gasteiger partial charge in [-0.15, -0.1) is 0 Å². The maximum Gasteiger partial charge on any atom is 0.122 e. The van der Waals surface area contributed by atoms with E-state index in [-0.39, 0.29) is 11.7 Å². The van der Waals surface area contributed by atoms with Gasteiger partial charge in [-0.1, -0.05) is 30.3 Å². The van der Waals surface area contributed by atoms with E-state index in [1.165, 1.54) is 0 Å². The van der Waals surface area contributed by atoms with E-state index >= 15 is 0 Å². The number of benzene rings is 2. The van der Waals surface area contributed by atoms with Crippen molar-refractivity contribution in [2.45, 2.75) is 19.3 Å². The molecule has 2 rings (SSSR count). The quantitative estimate of drug-likeness (QED) is 0.849. The first kappa shape index (κ1) is 14.4. The molecule has 0 spiro atoms. The van der Waals surface area contributed by atoms with Crippen molar-refractivity contribution in [3.8, 4) is 11.5 Å². The van der Waals surface area contributed by atoms with Crippen molar-refractivity contribution >= 4 is 0 Å². The van der Waals surface area contributed by atoms with Crippen LogP contribution in [0.3, 0.4) is 0 Å². The second-order valence-electron chi connectivity index (χ2n) is 4.78. The van der Waals surface area contributed by atoms with Crippen molar-refractivity contribution in [1.29, 1.82) is 0 Å². The molecule has 1 atom stereocenters. The van der Waals surface area contributed by atoms with Crippen LogP contribution in [0.5, 0.6) is 11.5 Å². The van der Waals surface area contributed by atoms with Gasteiger partial charge in [-0.05, 0) is 49.2 Å². The standard InChI is InChI=1S/C17H21NO2/c1-2-20-17-9-4-3-8-16(17)14(12-18)10-13-6-5-7-15(19)11-13/h3-9,11,14,19H,2,10,12,18H2,1H3. The van der Waals surface area contributed by atoms with Crippen LogP contribution >= 0.6 is 0 Å². The molecule has 3 heteroatoms. The van der Waals surface area contributed by atoms with Crippen LogP contribution in [0, 0.1) is 0 Å². The predicted molar refractivity (Wildman–Crippen MR) is 81.2 cm³/mol. The number of ether oxygens (including phenoxy) is 1. The third-order valence-corrected chi connectivity index (χ3v) is 3.34. The van der Waals surface area contributed by atoms with Gasteiger partial charge in [0, 0.05) is 5.92 Å². The molecular weight excluding hydrogens is 250 g/mol. The maximum absolute atomic E-state index is 9.55. The lowest BCUT2D eigenvalue weighted by atomic mass is 9.91. The Hall–Kier alpha value is -2.00. The summed E-state index contributed by atoms with van der Waals surface area (Å²) in [5.74, 6) is 1.36.